The van der Waals surface area contributed by atoms with E-state index in [1.165, 1.54) is 9.87 Å². The molecule has 3 aromatic rings. The number of anilines is 1. The van der Waals surface area contributed by atoms with E-state index in [2.05, 4.69) is 21.2 Å². The Labute approximate surface area is 182 Å². The van der Waals surface area contributed by atoms with Gasteiger partial charge in [0, 0.05) is 26.2 Å². The molecule has 0 spiro atoms. The third-order valence-corrected chi connectivity index (χ3v) is 7.72. The lowest BCUT2D eigenvalue weighted by molar-refractivity contribution is 0.383. The van der Waals surface area contributed by atoms with Crippen LogP contribution in [0.4, 0.5) is 5.82 Å². The van der Waals surface area contributed by atoms with Crippen molar-refractivity contribution >= 4 is 15.8 Å². The summed E-state index contributed by atoms with van der Waals surface area (Å²) in [7, 11) is -3.55. The first-order valence-electron chi connectivity index (χ1n) is 10.5. The molecule has 5 rings (SSSR count). The molecule has 1 saturated heterocycles. The minimum atomic E-state index is -3.55. The summed E-state index contributed by atoms with van der Waals surface area (Å²) in [6.07, 6.45) is 3.19. The van der Waals surface area contributed by atoms with Crippen molar-refractivity contribution in [2.75, 3.05) is 31.1 Å². The molecule has 0 saturated carbocycles. The summed E-state index contributed by atoms with van der Waals surface area (Å²) in [5.41, 5.74) is 2.38. The largest absolute Gasteiger partial charge is 0.457 e. The molecule has 160 valence electrons. The van der Waals surface area contributed by atoms with Gasteiger partial charge in [0.2, 0.25) is 10.0 Å². The quantitative estimate of drug-likeness (QED) is 0.611. The first-order chi connectivity index (χ1) is 15.1. The van der Waals surface area contributed by atoms with Crippen molar-refractivity contribution in [1.29, 1.82) is 0 Å². The Morgan fingerprint density at radius 2 is 1.52 bits per heavy atom. The molecule has 8 heteroatoms. The second-order valence-corrected chi connectivity index (χ2v) is 9.74. The molecule has 0 unspecified atom stereocenters. The number of sulfonamides is 1. The van der Waals surface area contributed by atoms with E-state index in [4.69, 9.17) is 4.74 Å². The molecular formula is C23H24N4O3S. The summed E-state index contributed by atoms with van der Waals surface area (Å²) in [4.78, 5) is 2.40. The third kappa shape index (κ3) is 4.13. The second kappa shape index (κ2) is 8.28. The van der Waals surface area contributed by atoms with Crippen molar-refractivity contribution in [2.24, 2.45) is 0 Å². The van der Waals surface area contributed by atoms with E-state index < -0.39 is 10.0 Å². The van der Waals surface area contributed by atoms with Gasteiger partial charge in [0.05, 0.1) is 10.6 Å². The lowest BCUT2D eigenvalue weighted by Gasteiger charge is -2.34. The van der Waals surface area contributed by atoms with Crippen LogP contribution in [0.2, 0.25) is 0 Å². The number of aromatic nitrogens is 2. The standard InChI is InChI=1S/C23H24N4O3S/c28-31(29,21-11-9-20(10-12-21)30-19-6-2-1-3-7-19)27-15-13-26(14-16-27)23-17-18-5-4-8-22(18)24-25-23/h1-3,6-7,9-12,17H,4-5,8,13-16H2. The topological polar surface area (TPSA) is 75.6 Å². The van der Waals surface area contributed by atoms with Gasteiger partial charge >= 0.3 is 0 Å². The van der Waals surface area contributed by atoms with Crippen molar-refractivity contribution in [3.63, 3.8) is 0 Å². The van der Waals surface area contributed by atoms with E-state index in [-0.39, 0.29) is 4.90 Å². The molecule has 1 fully saturated rings. The zero-order valence-corrected chi connectivity index (χ0v) is 18.0. The monoisotopic (exact) mass is 436 g/mol. The average molecular weight is 437 g/mol. The number of piperazine rings is 1. The van der Waals surface area contributed by atoms with Crippen molar-refractivity contribution in [3.8, 4) is 11.5 Å². The molecule has 1 aromatic heterocycles. The molecule has 31 heavy (non-hydrogen) atoms. The number of rotatable bonds is 5. The van der Waals surface area contributed by atoms with Gasteiger partial charge in [-0.1, -0.05) is 18.2 Å². The first kappa shape index (κ1) is 20.0. The van der Waals surface area contributed by atoms with E-state index in [9.17, 15) is 8.42 Å². The predicted octanol–water partition coefficient (Wildman–Crippen LogP) is 3.27. The summed E-state index contributed by atoms with van der Waals surface area (Å²) in [6, 6.07) is 18.1. The maximum absolute atomic E-state index is 13.1. The Morgan fingerprint density at radius 3 is 2.26 bits per heavy atom. The van der Waals surface area contributed by atoms with Crippen molar-refractivity contribution in [3.05, 3.63) is 71.9 Å². The summed E-state index contributed by atoms with van der Waals surface area (Å²) >= 11 is 0. The van der Waals surface area contributed by atoms with Crippen LogP contribution in [0.15, 0.2) is 65.6 Å². The van der Waals surface area contributed by atoms with Crippen molar-refractivity contribution < 1.29 is 13.2 Å². The third-order valence-electron chi connectivity index (χ3n) is 5.81. The van der Waals surface area contributed by atoms with E-state index >= 15 is 0 Å². The summed E-state index contributed by atoms with van der Waals surface area (Å²) in [5.74, 6) is 2.16. The molecule has 2 aromatic carbocycles. The number of benzene rings is 2. The highest BCUT2D eigenvalue weighted by Gasteiger charge is 2.29. The van der Waals surface area contributed by atoms with Crippen molar-refractivity contribution in [2.45, 2.75) is 24.2 Å². The number of para-hydroxylation sites is 1. The molecule has 1 aliphatic carbocycles. The maximum Gasteiger partial charge on any atom is 0.243 e. The minimum absolute atomic E-state index is 0.277. The van der Waals surface area contributed by atoms with Gasteiger partial charge in [-0.2, -0.15) is 9.40 Å². The van der Waals surface area contributed by atoms with Crippen LogP contribution in [0.1, 0.15) is 17.7 Å². The number of fused-ring (bicyclic) bond motifs is 1. The number of hydrogen-bond donors (Lipinski definition) is 0. The zero-order valence-electron chi connectivity index (χ0n) is 17.1. The Morgan fingerprint density at radius 1 is 0.806 bits per heavy atom. The van der Waals surface area contributed by atoms with E-state index in [0.717, 1.165) is 30.8 Å². The predicted molar refractivity (Wildman–Crippen MR) is 118 cm³/mol. The van der Waals surface area contributed by atoms with Crippen LogP contribution in [0.5, 0.6) is 11.5 Å². The van der Waals surface area contributed by atoms with Crippen LogP contribution in [0.25, 0.3) is 0 Å². The molecular weight excluding hydrogens is 412 g/mol. The van der Waals surface area contributed by atoms with Gasteiger partial charge < -0.3 is 9.64 Å². The lowest BCUT2D eigenvalue weighted by atomic mass is 10.2. The smallest absolute Gasteiger partial charge is 0.243 e. The van der Waals surface area contributed by atoms with Crippen LogP contribution >= 0.6 is 0 Å². The summed E-state index contributed by atoms with van der Waals surface area (Å²) < 4.78 is 33.5. The Bertz CT molecular complexity index is 1160. The highest BCUT2D eigenvalue weighted by Crippen LogP contribution is 2.26. The molecule has 7 nitrogen and oxygen atoms in total. The van der Waals surface area contributed by atoms with Crippen LogP contribution in [-0.4, -0.2) is 49.1 Å². The zero-order chi connectivity index (χ0) is 21.3. The van der Waals surface area contributed by atoms with Crippen LogP contribution < -0.4 is 9.64 Å². The maximum atomic E-state index is 13.1. The van der Waals surface area contributed by atoms with Gasteiger partial charge in [-0.15, -0.1) is 5.10 Å². The Hall–Kier alpha value is -2.97. The van der Waals surface area contributed by atoms with Gasteiger partial charge in [-0.3, -0.25) is 0 Å². The molecule has 0 bridgehead atoms. The first-order valence-corrected chi connectivity index (χ1v) is 12.0. The fourth-order valence-corrected chi connectivity index (χ4v) is 5.50. The molecule has 1 aliphatic heterocycles. The normalized spacial score (nSPS) is 16.8. The number of ether oxygens (including phenoxy) is 1. The van der Waals surface area contributed by atoms with Crippen molar-refractivity contribution in [1.82, 2.24) is 14.5 Å². The molecule has 0 radical (unpaired) electrons. The van der Waals surface area contributed by atoms with E-state index in [1.54, 1.807) is 24.3 Å². The highest BCUT2D eigenvalue weighted by molar-refractivity contribution is 7.89. The highest BCUT2D eigenvalue weighted by atomic mass is 32.2. The van der Waals surface area contributed by atoms with Crippen LogP contribution in [0.3, 0.4) is 0 Å². The van der Waals surface area contributed by atoms with E-state index in [1.807, 2.05) is 30.3 Å². The van der Waals surface area contributed by atoms with Gasteiger partial charge in [0.1, 0.15) is 11.5 Å². The minimum Gasteiger partial charge on any atom is -0.457 e. The van der Waals surface area contributed by atoms with E-state index in [0.29, 0.717) is 37.7 Å². The molecule has 2 aliphatic rings. The van der Waals surface area contributed by atoms with Crippen LogP contribution in [0, 0.1) is 0 Å². The van der Waals surface area contributed by atoms with Gasteiger partial charge in [0.15, 0.2) is 5.82 Å². The van der Waals surface area contributed by atoms with Gasteiger partial charge in [-0.05, 0) is 67.3 Å². The second-order valence-electron chi connectivity index (χ2n) is 7.81. The Kier molecular flexibility index (Phi) is 5.33. The number of aryl methyl sites for hydroxylation is 2. The summed E-state index contributed by atoms with van der Waals surface area (Å²) in [6.45, 7) is 2.04. The SMILES string of the molecule is O=S(=O)(c1ccc(Oc2ccccc2)cc1)N1CCN(c2cc3c(nn2)CCC3)CC1. The number of nitrogens with zero attached hydrogens (tertiary/aromatic N) is 4. The fraction of sp³-hybridized carbons (Fsp3) is 0.304. The Balaban J connectivity index is 1.24. The fourth-order valence-electron chi connectivity index (χ4n) is 4.08. The van der Waals surface area contributed by atoms with Gasteiger partial charge in [-0.25, -0.2) is 8.42 Å². The van der Waals surface area contributed by atoms with Crippen LogP contribution in [-0.2, 0) is 22.9 Å². The lowest BCUT2D eigenvalue weighted by Crippen LogP contribution is -2.49. The molecule has 0 amide bonds. The molecule has 0 atom stereocenters. The number of hydrogen-bond acceptors (Lipinski definition) is 6. The molecule has 2 heterocycles. The average Bonchev–Trinajstić information content (AvgIpc) is 3.28. The molecule has 0 N–H and O–H groups in total. The summed E-state index contributed by atoms with van der Waals surface area (Å²) in [5, 5.41) is 8.71. The van der Waals surface area contributed by atoms with Gasteiger partial charge in [0.25, 0.3) is 0 Å².